The van der Waals surface area contributed by atoms with Gasteiger partial charge in [-0.3, -0.25) is 14.4 Å². The number of aromatic nitrogens is 2. The van der Waals surface area contributed by atoms with Gasteiger partial charge in [-0.2, -0.15) is 0 Å². The maximum absolute atomic E-state index is 11.5. The van der Waals surface area contributed by atoms with Crippen molar-refractivity contribution in [3.05, 3.63) is 63.4 Å². The van der Waals surface area contributed by atoms with Crippen molar-refractivity contribution in [2.24, 2.45) is 0 Å². The summed E-state index contributed by atoms with van der Waals surface area (Å²) in [5.41, 5.74) is 0.795. The normalized spacial score (nSPS) is 8.23. The van der Waals surface area contributed by atoms with Crippen LogP contribution in [0.5, 0.6) is 0 Å². The van der Waals surface area contributed by atoms with Crippen LogP contribution in [0, 0.1) is 7.43 Å². The first-order valence-corrected chi connectivity index (χ1v) is 8.13. The first-order valence-electron chi connectivity index (χ1n) is 6.62. The molecular weight excluding hydrogens is 508 g/mol. The number of nitrogens with zero attached hydrogens (tertiary/aromatic N) is 3. The average Bonchev–Trinajstić information content (AvgIpc) is 2.58. The summed E-state index contributed by atoms with van der Waals surface area (Å²) in [6.07, 6.45) is 2.74. The third-order valence-electron chi connectivity index (χ3n) is 2.81. The number of carbonyl (C=O) groups excluding carboxylic acids is 2. The minimum atomic E-state index is -0.335. The van der Waals surface area contributed by atoms with E-state index in [0.29, 0.717) is 16.1 Å². The Labute approximate surface area is 221 Å². The number of rotatable bonds is 3. The Morgan fingerprint density at radius 1 is 0.933 bits per heavy atom. The Kier molecular flexibility index (Phi) is 25.8. The Morgan fingerprint density at radius 3 is 1.63 bits per heavy atom. The van der Waals surface area contributed by atoms with Crippen molar-refractivity contribution in [3.63, 3.8) is 0 Å². The molecule has 0 aliphatic heterocycles. The maximum Gasteiger partial charge on any atom is 2.00 e. The topological polar surface area (TPSA) is 72.4 Å². The fourth-order valence-corrected chi connectivity index (χ4v) is 1.96. The summed E-state index contributed by atoms with van der Waals surface area (Å²) in [5.74, 6) is -0.408. The quantitative estimate of drug-likeness (QED) is 0.200. The smallest absolute Gasteiger partial charge is 1.00 e. The molecule has 6 nitrogen and oxygen atoms in total. The molecule has 2 heterocycles. The van der Waals surface area contributed by atoms with Crippen LogP contribution in [-0.2, 0) is 4.84 Å². The molecule has 1 amide bonds. The van der Waals surface area contributed by atoms with Gasteiger partial charge in [-0.05, 0) is 19.1 Å². The van der Waals surface area contributed by atoms with Crippen molar-refractivity contribution in [2.45, 2.75) is 21.8 Å². The summed E-state index contributed by atoms with van der Waals surface area (Å²) < 4.78 is 0. The Balaban J connectivity index is -0.000000121. The van der Waals surface area contributed by atoms with Crippen LogP contribution in [0.4, 0.5) is 0 Å². The molecule has 30 heavy (non-hydrogen) atoms. The monoisotopic (exact) mass is 529 g/mol. The van der Waals surface area contributed by atoms with Crippen LogP contribution in [0.25, 0.3) is 0 Å². The van der Waals surface area contributed by atoms with Gasteiger partial charge >= 0.3 is 23.1 Å². The van der Waals surface area contributed by atoms with E-state index in [0.717, 1.165) is 5.06 Å². The molecule has 0 atom stereocenters. The molecular formula is C18H24Cl5MgN3O3. The maximum atomic E-state index is 11.5. The molecule has 0 saturated carbocycles. The number of amides is 1. The number of halogens is 5. The second-order valence-corrected chi connectivity index (χ2v) is 6.07. The molecule has 12 heteroatoms. The van der Waals surface area contributed by atoms with Crippen LogP contribution in [0.3, 0.4) is 0 Å². The summed E-state index contributed by atoms with van der Waals surface area (Å²) >= 11 is 22.4. The molecule has 0 radical (unpaired) electrons. The van der Waals surface area contributed by atoms with E-state index < -0.39 is 0 Å². The molecule has 2 aromatic rings. The van der Waals surface area contributed by atoms with Gasteiger partial charge < -0.3 is 19.8 Å². The van der Waals surface area contributed by atoms with Gasteiger partial charge in [0.1, 0.15) is 10.3 Å². The molecule has 0 aliphatic carbocycles. The number of ketones is 1. The van der Waals surface area contributed by atoms with E-state index >= 15 is 0 Å². The Bertz CT molecular complexity index is 798. The second-order valence-electron chi connectivity index (χ2n) is 4.53. The van der Waals surface area contributed by atoms with Gasteiger partial charge in [0.2, 0.25) is 0 Å². The minimum Gasteiger partial charge on any atom is -1.00 e. The standard InChI is InChI=1S/C8H8Cl2N2O2.C7H5Cl2NO.2CH4.CH3.ClH.Mg/c1-12(14-2)8(13)5-3-6(9)7(10)11-4-5;1-4(11)5-2-6(8)7(9)10-3-5;;;;;/h3-4H,1-2H3;2-3H,1H3;2*1H4;1H3;1H;/q;;;;-1;;+2/p-1. The third kappa shape index (κ3) is 12.5. The van der Waals surface area contributed by atoms with E-state index in [1.54, 1.807) is 0 Å². The van der Waals surface area contributed by atoms with Crippen LogP contribution < -0.4 is 12.4 Å². The van der Waals surface area contributed by atoms with E-state index in [9.17, 15) is 9.59 Å². The number of hydrogen-bond donors (Lipinski definition) is 0. The summed E-state index contributed by atoms with van der Waals surface area (Å²) in [6.45, 7) is 1.45. The molecule has 0 spiro atoms. The van der Waals surface area contributed by atoms with E-state index in [4.69, 9.17) is 51.2 Å². The van der Waals surface area contributed by atoms with Crippen LogP contribution in [-0.4, -0.2) is 63.9 Å². The Hall–Kier alpha value is -0.384. The molecule has 0 aromatic carbocycles. The van der Waals surface area contributed by atoms with E-state index in [1.807, 2.05) is 0 Å². The second kappa shape index (κ2) is 19.3. The Morgan fingerprint density at radius 2 is 1.30 bits per heavy atom. The number of Topliss-reactive ketones (excluding diaryl/α,β-unsaturated/α-hetero) is 1. The van der Waals surface area contributed by atoms with E-state index in [-0.39, 0.29) is 84.8 Å². The molecule has 0 fully saturated rings. The summed E-state index contributed by atoms with van der Waals surface area (Å²) in [5, 5.41) is 2.00. The van der Waals surface area contributed by atoms with Gasteiger partial charge in [0.15, 0.2) is 5.78 Å². The predicted octanol–water partition coefficient (Wildman–Crippen LogP) is 2.96. The third-order valence-corrected chi connectivity index (χ3v) is 4.18. The zero-order valence-corrected chi connectivity index (χ0v) is 20.7. The molecule has 0 N–H and O–H groups in total. The van der Waals surface area contributed by atoms with Crippen LogP contribution in [0.15, 0.2) is 24.5 Å². The number of pyridine rings is 2. The van der Waals surface area contributed by atoms with Crippen molar-refractivity contribution in [1.82, 2.24) is 15.0 Å². The van der Waals surface area contributed by atoms with Gasteiger partial charge in [0, 0.05) is 25.0 Å². The summed E-state index contributed by atoms with van der Waals surface area (Å²) in [7, 11) is 2.88. The number of hydrogen-bond acceptors (Lipinski definition) is 5. The average molecular weight is 532 g/mol. The van der Waals surface area contributed by atoms with E-state index in [1.165, 1.54) is 45.6 Å². The van der Waals surface area contributed by atoms with Crippen LogP contribution >= 0.6 is 46.4 Å². The molecule has 2 rings (SSSR count). The van der Waals surface area contributed by atoms with Crippen molar-refractivity contribution >= 4 is 81.1 Å². The zero-order chi connectivity index (χ0) is 19.1. The van der Waals surface area contributed by atoms with Crippen LogP contribution in [0.2, 0.25) is 20.4 Å². The van der Waals surface area contributed by atoms with Gasteiger partial charge in [-0.1, -0.05) is 61.3 Å². The van der Waals surface area contributed by atoms with Crippen molar-refractivity contribution < 1.29 is 26.8 Å². The summed E-state index contributed by atoms with van der Waals surface area (Å²) in [4.78, 5) is 34.4. The fourth-order valence-electron chi connectivity index (χ4n) is 1.42. The minimum absolute atomic E-state index is 0. The van der Waals surface area contributed by atoms with Crippen molar-refractivity contribution in [2.75, 3.05) is 14.2 Å². The van der Waals surface area contributed by atoms with Gasteiger partial charge in [0.25, 0.3) is 5.91 Å². The molecule has 0 saturated heterocycles. The number of carbonyl (C=O) groups is 2. The molecule has 2 aromatic heterocycles. The summed E-state index contributed by atoms with van der Waals surface area (Å²) in [6, 6.07) is 2.94. The number of hydroxylamine groups is 2. The van der Waals surface area contributed by atoms with Crippen molar-refractivity contribution in [3.8, 4) is 0 Å². The van der Waals surface area contributed by atoms with Gasteiger partial charge in [-0.15, -0.1) is 0 Å². The molecule has 166 valence electrons. The predicted molar refractivity (Wildman–Crippen MR) is 123 cm³/mol. The van der Waals surface area contributed by atoms with Crippen LogP contribution in [0.1, 0.15) is 42.5 Å². The molecule has 0 bridgehead atoms. The van der Waals surface area contributed by atoms with Gasteiger partial charge in [-0.25, -0.2) is 15.0 Å². The molecule has 0 aliphatic rings. The van der Waals surface area contributed by atoms with Crippen molar-refractivity contribution in [1.29, 1.82) is 0 Å². The fraction of sp³-hybridized carbons (Fsp3) is 0.278. The van der Waals surface area contributed by atoms with E-state index in [2.05, 4.69) is 9.97 Å². The SMILES string of the molecule is C.C.CC(=O)c1cnc(Cl)c(Cl)c1.CON(C)C(=O)c1cnc(Cl)c(Cl)c1.[CH3-].[Cl-].[Mg+2]. The first kappa shape index (κ1) is 40.0. The molecule has 0 unspecified atom stereocenters. The largest absolute Gasteiger partial charge is 2.00 e. The first-order chi connectivity index (χ1) is 11.7. The van der Waals surface area contributed by atoms with Gasteiger partial charge in [0.05, 0.1) is 22.7 Å². The zero-order valence-electron chi connectivity index (χ0n) is 15.5.